The van der Waals surface area contributed by atoms with Crippen molar-refractivity contribution in [3.05, 3.63) is 65.6 Å². The topological polar surface area (TPSA) is 95.4 Å². The summed E-state index contributed by atoms with van der Waals surface area (Å²) in [7, 11) is 4.72. The van der Waals surface area contributed by atoms with Crippen molar-refractivity contribution in [3.8, 4) is 22.9 Å². The van der Waals surface area contributed by atoms with E-state index in [4.69, 9.17) is 24.2 Å². The van der Waals surface area contributed by atoms with Crippen LogP contribution in [0.1, 0.15) is 0 Å². The molecule has 0 aliphatic carbocycles. The number of hydrogen-bond acceptors (Lipinski definition) is 9. The predicted octanol–water partition coefficient (Wildman–Crippen LogP) is 5.39. The molecule has 9 nitrogen and oxygen atoms in total. The zero-order chi connectivity index (χ0) is 23.5. The number of para-hydroxylation sites is 1. The Morgan fingerprint density at radius 1 is 0.853 bits per heavy atom. The monoisotopic (exact) mass is 474 g/mol. The summed E-state index contributed by atoms with van der Waals surface area (Å²) in [5.41, 5.74) is 3.85. The summed E-state index contributed by atoms with van der Waals surface area (Å²) in [6.07, 6.45) is 1.74. The van der Waals surface area contributed by atoms with Gasteiger partial charge in [-0.05, 0) is 23.6 Å². The van der Waals surface area contributed by atoms with Crippen molar-refractivity contribution in [3.63, 3.8) is 0 Å². The third-order valence-corrected chi connectivity index (χ3v) is 5.81. The summed E-state index contributed by atoms with van der Waals surface area (Å²) in [5.74, 6) is 2.54. The molecule has 2 aromatic carbocycles. The number of methoxy groups -OCH3 is 3. The number of aromatic nitrogens is 4. The van der Waals surface area contributed by atoms with Crippen LogP contribution in [-0.4, -0.2) is 40.8 Å². The van der Waals surface area contributed by atoms with Gasteiger partial charge in [0.25, 0.3) is 0 Å². The third kappa shape index (κ3) is 4.06. The average Bonchev–Trinajstić information content (AvgIpc) is 3.54. The van der Waals surface area contributed by atoms with Crippen molar-refractivity contribution < 1.29 is 14.2 Å². The summed E-state index contributed by atoms with van der Waals surface area (Å²) in [6, 6.07) is 15.4. The number of fused-ring (bicyclic) bond motifs is 1. The van der Waals surface area contributed by atoms with Gasteiger partial charge in [-0.1, -0.05) is 18.2 Å². The van der Waals surface area contributed by atoms with E-state index in [1.165, 1.54) is 0 Å². The van der Waals surface area contributed by atoms with Crippen LogP contribution in [0.4, 0.5) is 23.1 Å². The van der Waals surface area contributed by atoms with Gasteiger partial charge >= 0.3 is 0 Å². The molecule has 0 aliphatic heterocycles. The Balaban J connectivity index is 1.62. The number of rotatable bonds is 8. The first-order chi connectivity index (χ1) is 16.7. The third-order valence-electron chi connectivity index (χ3n) is 5.14. The van der Waals surface area contributed by atoms with Gasteiger partial charge in [0.15, 0.2) is 28.5 Å². The Bertz CT molecular complexity index is 1390. The maximum Gasteiger partial charge on any atom is 0.231 e. The fourth-order valence-corrected chi connectivity index (χ4v) is 4.20. The fourth-order valence-electron chi connectivity index (χ4n) is 3.57. The van der Waals surface area contributed by atoms with Gasteiger partial charge in [0.2, 0.25) is 11.7 Å². The Kier molecular flexibility index (Phi) is 5.88. The molecule has 0 saturated carbocycles. The molecule has 0 unspecified atom stereocenters. The molecule has 5 aromatic rings. The lowest BCUT2D eigenvalue weighted by Gasteiger charge is -2.15. The maximum absolute atomic E-state index is 5.49. The van der Waals surface area contributed by atoms with Crippen LogP contribution in [-0.2, 0) is 0 Å². The molecule has 0 amide bonds. The highest BCUT2D eigenvalue weighted by Gasteiger charge is 2.18. The number of benzene rings is 2. The van der Waals surface area contributed by atoms with Gasteiger partial charge in [0.05, 0.1) is 27.0 Å². The highest BCUT2D eigenvalue weighted by atomic mass is 32.1. The minimum atomic E-state index is 0.436. The number of imidazole rings is 1. The van der Waals surface area contributed by atoms with Crippen molar-refractivity contribution in [2.45, 2.75) is 0 Å². The van der Waals surface area contributed by atoms with Crippen LogP contribution >= 0.6 is 11.3 Å². The fraction of sp³-hybridized carbons (Fsp3) is 0.125. The average molecular weight is 475 g/mol. The molecule has 0 atom stereocenters. The molecule has 0 saturated heterocycles. The first kappa shape index (κ1) is 21.5. The van der Waals surface area contributed by atoms with Crippen molar-refractivity contribution in [1.29, 1.82) is 0 Å². The summed E-state index contributed by atoms with van der Waals surface area (Å²) in [5, 5.41) is 10.7. The van der Waals surface area contributed by atoms with E-state index >= 15 is 0 Å². The standard InChI is InChI=1S/C24H22N6O3S/c1-31-18-11-16(12-19(32-2)21(18)33-3)26-22-20-23(30(14-25-20)17-9-10-34-13-17)29-24(28-22)27-15-7-5-4-6-8-15/h4-14H,1-3H3,(H2,26,27,28,29). The van der Waals surface area contributed by atoms with Gasteiger partial charge in [-0.3, -0.25) is 4.57 Å². The molecule has 0 spiro atoms. The van der Waals surface area contributed by atoms with Gasteiger partial charge in [-0.25, -0.2) is 4.98 Å². The number of hydrogen-bond donors (Lipinski definition) is 2. The van der Waals surface area contributed by atoms with Gasteiger partial charge in [-0.2, -0.15) is 21.3 Å². The Morgan fingerprint density at radius 2 is 1.62 bits per heavy atom. The lowest BCUT2D eigenvalue weighted by atomic mass is 10.2. The highest BCUT2D eigenvalue weighted by Crippen LogP contribution is 2.41. The molecule has 0 aliphatic rings. The SMILES string of the molecule is COc1cc(Nc2nc(Nc3ccccc3)nc3c2ncn3-c2ccsc2)cc(OC)c1OC. The molecule has 0 bridgehead atoms. The van der Waals surface area contributed by atoms with Crippen LogP contribution < -0.4 is 24.8 Å². The van der Waals surface area contributed by atoms with Crippen LogP contribution in [0, 0.1) is 0 Å². The second-order valence-corrected chi connectivity index (χ2v) is 7.97. The molecule has 3 aromatic heterocycles. The van der Waals surface area contributed by atoms with E-state index in [0.717, 1.165) is 11.4 Å². The Hall–Kier alpha value is -4.31. The van der Waals surface area contributed by atoms with Crippen molar-refractivity contribution in [1.82, 2.24) is 19.5 Å². The second kappa shape index (κ2) is 9.28. The molecule has 0 fully saturated rings. The van der Waals surface area contributed by atoms with Crippen molar-refractivity contribution in [2.24, 2.45) is 0 Å². The molecule has 5 rings (SSSR count). The largest absolute Gasteiger partial charge is 0.493 e. The molecule has 172 valence electrons. The second-order valence-electron chi connectivity index (χ2n) is 7.19. The molecule has 2 N–H and O–H groups in total. The lowest BCUT2D eigenvalue weighted by Crippen LogP contribution is -2.04. The number of nitrogens with zero attached hydrogens (tertiary/aromatic N) is 4. The van der Waals surface area contributed by atoms with E-state index in [0.29, 0.717) is 45.9 Å². The summed E-state index contributed by atoms with van der Waals surface area (Å²) >= 11 is 1.61. The Labute approximate surface area is 200 Å². The van der Waals surface area contributed by atoms with Gasteiger partial charge in [0, 0.05) is 28.9 Å². The van der Waals surface area contributed by atoms with E-state index in [1.54, 1.807) is 39.0 Å². The molecule has 34 heavy (non-hydrogen) atoms. The quantitative estimate of drug-likeness (QED) is 0.309. The summed E-state index contributed by atoms with van der Waals surface area (Å²) in [6.45, 7) is 0. The van der Waals surface area contributed by atoms with Crippen LogP contribution in [0.3, 0.4) is 0 Å². The van der Waals surface area contributed by atoms with E-state index in [1.807, 2.05) is 63.9 Å². The maximum atomic E-state index is 5.49. The number of anilines is 4. The van der Waals surface area contributed by atoms with Crippen LogP contribution in [0.2, 0.25) is 0 Å². The van der Waals surface area contributed by atoms with Crippen molar-refractivity contribution >= 4 is 45.6 Å². The molecular weight excluding hydrogens is 452 g/mol. The highest BCUT2D eigenvalue weighted by molar-refractivity contribution is 7.08. The smallest absolute Gasteiger partial charge is 0.231 e. The zero-order valence-electron chi connectivity index (χ0n) is 18.8. The van der Waals surface area contributed by atoms with Crippen LogP contribution in [0.15, 0.2) is 65.6 Å². The summed E-state index contributed by atoms with van der Waals surface area (Å²) < 4.78 is 18.4. The minimum Gasteiger partial charge on any atom is -0.493 e. The first-order valence-corrected chi connectivity index (χ1v) is 11.3. The number of nitrogens with one attached hydrogen (secondary N) is 2. The number of ether oxygens (including phenoxy) is 3. The zero-order valence-corrected chi connectivity index (χ0v) is 19.6. The van der Waals surface area contributed by atoms with Crippen LogP contribution in [0.25, 0.3) is 16.9 Å². The number of thiophene rings is 1. The first-order valence-electron chi connectivity index (χ1n) is 10.4. The van der Waals surface area contributed by atoms with E-state index in [-0.39, 0.29) is 0 Å². The minimum absolute atomic E-state index is 0.436. The molecular formula is C24H22N6O3S. The Morgan fingerprint density at radius 3 is 2.26 bits per heavy atom. The van der Waals surface area contributed by atoms with Gasteiger partial charge in [-0.15, -0.1) is 0 Å². The molecule has 0 radical (unpaired) electrons. The van der Waals surface area contributed by atoms with Crippen LogP contribution in [0.5, 0.6) is 17.2 Å². The lowest BCUT2D eigenvalue weighted by molar-refractivity contribution is 0.324. The molecule has 10 heteroatoms. The van der Waals surface area contributed by atoms with E-state index < -0.39 is 0 Å². The predicted molar refractivity (Wildman–Crippen MR) is 134 cm³/mol. The summed E-state index contributed by atoms with van der Waals surface area (Å²) in [4.78, 5) is 14.1. The van der Waals surface area contributed by atoms with E-state index in [9.17, 15) is 0 Å². The van der Waals surface area contributed by atoms with Gasteiger partial charge in [0.1, 0.15) is 6.33 Å². The molecule has 3 heterocycles. The van der Waals surface area contributed by atoms with Gasteiger partial charge < -0.3 is 24.8 Å². The van der Waals surface area contributed by atoms with Crippen molar-refractivity contribution in [2.75, 3.05) is 32.0 Å². The van der Waals surface area contributed by atoms with E-state index in [2.05, 4.69) is 15.6 Å². The normalized spacial score (nSPS) is 10.8.